The van der Waals surface area contributed by atoms with Gasteiger partial charge in [0.2, 0.25) is 11.6 Å². The van der Waals surface area contributed by atoms with Crippen molar-refractivity contribution >= 4 is 75.1 Å². The Morgan fingerprint density at radius 3 is 1.96 bits per heavy atom. The molecule has 138 valence electrons. The molecule has 0 amide bonds. The molecule has 0 atom stereocenters. The van der Waals surface area contributed by atoms with Gasteiger partial charge < -0.3 is 10.6 Å². The van der Waals surface area contributed by atoms with E-state index in [-0.39, 0.29) is 17.3 Å². The Labute approximate surface area is 173 Å². The van der Waals surface area contributed by atoms with Gasteiger partial charge in [0.05, 0.1) is 15.0 Å². The van der Waals surface area contributed by atoms with Crippen molar-refractivity contribution in [3.63, 3.8) is 0 Å². The highest BCUT2D eigenvalue weighted by Crippen LogP contribution is 2.35. The van der Waals surface area contributed by atoms with Gasteiger partial charge in [0.1, 0.15) is 6.33 Å². The first kappa shape index (κ1) is 19.4. The summed E-state index contributed by atoms with van der Waals surface area (Å²) in [5, 5.41) is 18.7. The smallest absolute Gasteiger partial charge is 0.334 e. The Morgan fingerprint density at radius 2 is 1.41 bits per heavy atom. The summed E-state index contributed by atoms with van der Waals surface area (Å²) in [5.41, 5.74) is 0.553. The van der Waals surface area contributed by atoms with Crippen molar-refractivity contribution in [2.45, 2.75) is 0 Å². The topological polar surface area (TPSA) is 93.0 Å². The van der Waals surface area contributed by atoms with Gasteiger partial charge in [-0.25, -0.2) is 9.97 Å². The average Bonchev–Trinajstić information content (AvgIpc) is 2.57. The maximum absolute atomic E-state index is 11.6. The van der Waals surface area contributed by atoms with Crippen molar-refractivity contribution in [2.75, 3.05) is 10.6 Å². The second-order valence-corrected chi connectivity index (χ2v) is 6.90. The Morgan fingerprint density at radius 1 is 0.815 bits per heavy atom. The molecule has 0 fully saturated rings. The van der Waals surface area contributed by atoms with E-state index < -0.39 is 4.92 Å². The second-order valence-electron chi connectivity index (χ2n) is 5.21. The molecule has 2 N–H and O–H groups in total. The normalized spacial score (nSPS) is 10.5. The van der Waals surface area contributed by atoms with Gasteiger partial charge in [-0.2, -0.15) is 0 Å². The molecule has 0 aliphatic heterocycles. The predicted molar refractivity (Wildman–Crippen MR) is 108 cm³/mol. The van der Waals surface area contributed by atoms with Crippen LogP contribution in [0.5, 0.6) is 0 Å². The number of nitrogens with zero attached hydrogens (tertiary/aromatic N) is 3. The summed E-state index contributed by atoms with van der Waals surface area (Å²) in [7, 11) is 0. The zero-order chi connectivity index (χ0) is 19.6. The number of anilines is 4. The van der Waals surface area contributed by atoms with E-state index in [0.717, 1.165) is 0 Å². The molecule has 3 rings (SSSR count). The van der Waals surface area contributed by atoms with Gasteiger partial charge in [-0.15, -0.1) is 0 Å². The SMILES string of the molecule is O=[N+]([O-])c1c(Nc2cc(Cl)cc(Cl)c2)ncnc1Nc1ccc(Cl)c(Cl)c1. The Bertz CT molecular complexity index is 1010. The van der Waals surface area contributed by atoms with Gasteiger partial charge >= 0.3 is 5.69 Å². The lowest BCUT2D eigenvalue weighted by Gasteiger charge is -2.11. The minimum Gasteiger partial charge on any atom is -0.334 e. The summed E-state index contributed by atoms with van der Waals surface area (Å²) in [4.78, 5) is 18.9. The van der Waals surface area contributed by atoms with Crippen LogP contribution in [0.3, 0.4) is 0 Å². The highest BCUT2D eigenvalue weighted by atomic mass is 35.5. The Balaban J connectivity index is 1.99. The first-order valence-corrected chi connectivity index (χ1v) is 8.79. The first-order valence-electron chi connectivity index (χ1n) is 7.28. The molecule has 3 aromatic rings. The number of hydrogen-bond acceptors (Lipinski definition) is 6. The third-order valence-corrected chi connectivity index (χ3v) is 4.49. The lowest BCUT2D eigenvalue weighted by Crippen LogP contribution is -2.05. The summed E-state index contributed by atoms with van der Waals surface area (Å²) in [6, 6.07) is 9.37. The van der Waals surface area contributed by atoms with E-state index in [4.69, 9.17) is 46.4 Å². The first-order chi connectivity index (χ1) is 12.8. The molecule has 0 aliphatic carbocycles. The molecule has 0 aliphatic rings. The summed E-state index contributed by atoms with van der Waals surface area (Å²) >= 11 is 23.8. The monoisotopic (exact) mass is 443 g/mol. The molecule has 11 heteroatoms. The summed E-state index contributed by atoms with van der Waals surface area (Å²) in [5.74, 6) is -0.0556. The molecule has 0 saturated carbocycles. The molecule has 0 radical (unpaired) electrons. The van der Waals surface area contributed by atoms with Crippen molar-refractivity contribution in [3.05, 3.63) is 72.9 Å². The van der Waals surface area contributed by atoms with E-state index >= 15 is 0 Å². The van der Waals surface area contributed by atoms with Crippen LogP contribution in [0.1, 0.15) is 0 Å². The largest absolute Gasteiger partial charge is 0.353 e. The molecule has 27 heavy (non-hydrogen) atoms. The van der Waals surface area contributed by atoms with E-state index in [0.29, 0.717) is 31.5 Å². The van der Waals surface area contributed by atoms with Crippen LogP contribution in [0, 0.1) is 10.1 Å². The van der Waals surface area contributed by atoms with Gasteiger partial charge in [0.15, 0.2) is 0 Å². The minimum atomic E-state index is -0.603. The number of hydrogen-bond donors (Lipinski definition) is 2. The highest BCUT2D eigenvalue weighted by molar-refractivity contribution is 6.42. The zero-order valence-corrected chi connectivity index (χ0v) is 16.2. The van der Waals surface area contributed by atoms with E-state index in [1.807, 2.05) is 0 Å². The molecule has 0 unspecified atom stereocenters. The van der Waals surface area contributed by atoms with E-state index in [1.165, 1.54) is 12.4 Å². The molecule has 0 saturated heterocycles. The fraction of sp³-hybridized carbons (Fsp3) is 0. The van der Waals surface area contributed by atoms with Crippen molar-refractivity contribution in [1.29, 1.82) is 0 Å². The van der Waals surface area contributed by atoms with Crippen LogP contribution >= 0.6 is 46.4 Å². The number of nitrogens with one attached hydrogen (secondary N) is 2. The third kappa shape index (κ3) is 4.70. The van der Waals surface area contributed by atoms with Gasteiger partial charge in [0, 0.05) is 21.4 Å². The molecule has 0 spiro atoms. The molecular weight excluding hydrogens is 436 g/mol. The quantitative estimate of drug-likeness (QED) is 0.345. The van der Waals surface area contributed by atoms with E-state index in [2.05, 4.69) is 20.6 Å². The highest BCUT2D eigenvalue weighted by Gasteiger charge is 2.23. The standard InChI is InChI=1S/C16H9Cl4N5O2/c17-8-3-9(18)5-11(4-8)24-16-14(25(26)27)15(21-7-22-16)23-10-1-2-12(19)13(20)6-10/h1-7H,(H2,21,22,23,24). The minimum absolute atomic E-state index is 0.0241. The molecule has 1 heterocycles. The van der Waals surface area contributed by atoms with Crippen LogP contribution in [0.2, 0.25) is 20.1 Å². The van der Waals surface area contributed by atoms with Crippen molar-refractivity contribution in [3.8, 4) is 0 Å². The fourth-order valence-corrected chi connectivity index (χ4v) is 3.03. The van der Waals surface area contributed by atoms with Crippen LogP contribution in [0.4, 0.5) is 28.7 Å². The maximum Gasteiger partial charge on any atom is 0.353 e. The van der Waals surface area contributed by atoms with Crippen molar-refractivity contribution < 1.29 is 4.92 Å². The van der Waals surface area contributed by atoms with Gasteiger partial charge in [-0.3, -0.25) is 10.1 Å². The summed E-state index contributed by atoms with van der Waals surface area (Å²) in [6.45, 7) is 0. The van der Waals surface area contributed by atoms with Crippen LogP contribution in [0.25, 0.3) is 0 Å². The lowest BCUT2D eigenvalue weighted by molar-refractivity contribution is -0.383. The van der Waals surface area contributed by atoms with E-state index in [9.17, 15) is 10.1 Å². The molecule has 1 aromatic heterocycles. The molecule has 2 aromatic carbocycles. The third-order valence-electron chi connectivity index (χ3n) is 3.31. The van der Waals surface area contributed by atoms with Gasteiger partial charge in [0.25, 0.3) is 0 Å². The predicted octanol–water partition coefficient (Wildman–Crippen LogP) is 6.49. The molecule has 0 bridgehead atoms. The van der Waals surface area contributed by atoms with Gasteiger partial charge in [-0.1, -0.05) is 46.4 Å². The van der Waals surface area contributed by atoms with Gasteiger partial charge in [-0.05, 0) is 36.4 Å². The number of halogens is 4. The Hall–Kier alpha value is -2.32. The Kier molecular flexibility index (Phi) is 5.86. The fourth-order valence-electron chi connectivity index (χ4n) is 2.21. The molecular formula is C16H9Cl4N5O2. The number of benzene rings is 2. The number of nitro groups is 1. The van der Waals surface area contributed by atoms with Crippen LogP contribution in [-0.2, 0) is 0 Å². The molecule has 7 nitrogen and oxygen atoms in total. The summed E-state index contributed by atoms with van der Waals surface area (Å²) in [6.07, 6.45) is 1.18. The lowest BCUT2D eigenvalue weighted by atomic mass is 10.3. The van der Waals surface area contributed by atoms with Crippen LogP contribution < -0.4 is 10.6 Å². The van der Waals surface area contributed by atoms with Crippen LogP contribution in [-0.4, -0.2) is 14.9 Å². The van der Waals surface area contributed by atoms with Crippen LogP contribution in [0.15, 0.2) is 42.7 Å². The zero-order valence-electron chi connectivity index (χ0n) is 13.2. The summed E-state index contributed by atoms with van der Waals surface area (Å²) < 4.78 is 0. The maximum atomic E-state index is 11.6. The average molecular weight is 445 g/mol. The number of aromatic nitrogens is 2. The van der Waals surface area contributed by atoms with Crippen molar-refractivity contribution in [1.82, 2.24) is 9.97 Å². The van der Waals surface area contributed by atoms with Crippen molar-refractivity contribution in [2.24, 2.45) is 0 Å². The second kappa shape index (κ2) is 8.14. The number of rotatable bonds is 5. The van der Waals surface area contributed by atoms with E-state index in [1.54, 1.807) is 30.3 Å².